The Kier molecular flexibility index (Phi) is 7.21. The summed E-state index contributed by atoms with van der Waals surface area (Å²) in [5.41, 5.74) is 1.51. The zero-order valence-electron chi connectivity index (χ0n) is 17.4. The van der Waals surface area contributed by atoms with Gasteiger partial charge in [0, 0.05) is 12.1 Å². The van der Waals surface area contributed by atoms with Crippen LogP contribution in [0.2, 0.25) is 0 Å². The molecule has 1 N–H and O–H groups in total. The van der Waals surface area contributed by atoms with Crippen LogP contribution in [-0.4, -0.2) is 35.4 Å². The zero-order valence-corrected chi connectivity index (χ0v) is 17.4. The molecule has 0 spiro atoms. The maximum Gasteiger partial charge on any atom is 0.242 e. The van der Waals surface area contributed by atoms with E-state index in [9.17, 15) is 9.59 Å². The highest BCUT2D eigenvalue weighted by Gasteiger charge is 2.28. The van der Waals surface area contributed by atoms with Crippen LogP contribution >= 0.6 is 0 Å². The highest BCUT2D eigenvalue weighted by molar-refractivity contribution is 5.88. The Morgan fingerprint density at radius 3 is 2.14 bits per heavy atom. The first-order chi connectivity index (χ1) is 13.2. The number of amides is 2. The molecule has 0 bridgehead atoms. The van der Waals surface area contributed by atoms with Gasteiger partial charge in [0.05, 0.1) is 13.5 Å². The first kappa shape index (κ1) is 21.5. The van der Waals surface area contributed by atoms with Gasteiger partial charge in [0.15, 0.2) is 0 Å². The summed E-state index contributed by atoms with van der Waals surface area (Å²) in [5.74, 6) is 0.493. The number of hydrogen-bond acceptors (Lipinski definition) is 3. The topological polar surface area (TPSA) is 58.6 Å². The molecule has 0 radical (unpaired) electrons. The Labute approximate surface area is 167 Å². The number of hydrogen-bond donors (Lipinski definition) is 1. The third-order valence-electron chi connectivity index (χ3n) is 4.38. The van der Waals surface area contributed by atoms with Crippen LogP contribution in [0.4, 0.5) is 0 Å². The smallest absolute Gasteiger partial charge is 0.242 e. The maximum atomic E-state index is 13.1. The molecule has 2 aromatic carbocycles. The summed E-state index contributed by atoms with van der Waals surface area (Å²) in [6.07, 6.45) is 0.226. The molecule has 5 heteroatoms. The maximum absolute atomic E-state index is 13.1. The number of rotatable bonds is 7. The number of nitrogens with one attached hydrogen (secondary N) is 1. The van der Waals surface area contributed by atoms with Crippen molar-refractivity contribution in [3.8, 4) is 5.75 Å². The third-order valence-corrected chi connectivity index (χ3v) is 4.38. The Bertz CT molecular complexity index is 780. The van der Waals surface area contributed by atoms with Crippen LogP contribution < -0.4 is 10.1 Å². The molecule has 0 fully saturated rings. The van der Waals surface area contributed by atoms with Crippen molar-refractivity contribution in [2.45, 2.75) is 52.2 Å². The van der Waals surface area contributed by atoms with Gasteiger partial charge in [-0.1, -0.05) is 42.5 Å². The molecule has 0 aromatic heterocycles. The highest BCUT2D eigenvalue weighted by Crippen LogP contribution is 2.16. The monoisotopic (exact) mass is 382 g/mol. The van der Waals surface area contributed by atoms with Gasteiger partial charge < -0.3 is 15.0 Å². The zero-order chi connectivity index (χ0) is 20.7. The number of ether oxygens (including phenoxy) is 1. The van der Waals surface area contributed by atoms with E-state index in [2.05, 4.69) is 5.32 Å². The average molecular weight is 383 g/mol. The first-order valence-corrected chi connectivity index (χ1v) is 9.48. The van der Waals surface area contributed by atoms with Crippen molar-refractivity contribution in [2.24, 2.45) is 0 Å². The second kappa shape index (κ2) is 9.40. The first-order valence-electron chi connectivity index (χ1n) is 9.48. The number of carbonyl (C=O) groups excluding carboxylic acids is 2. The molecule has 0 aliphatic rings. The fourth-order valence-electron chi connectivity index (χ4n) is 2.86. The number of benzene rings is 2. The molecular formula is C23H30N2O3. The van der Waals surface area contributed by atoms with Crippen LogP contribution in [0.3, 0.4) is 0 Å². The van der Waals surface area contributed by atoms with Gasteiger partial charge in [-0.05, 0) is 51.0 Å². The van der Waals surface area contributed by atoms with Crippen molar-refractivity contribution >= 4 is 11.8 Å². The van der Waals surface area contributed by atoms with E-state index in [4.69, 9.17) is 4.74 Å². The lowest BCUT2D eigenvalue weighted by Crippen LogP contribution is -2.52. The van der Waals surface area contributed by atoms with E-state index < -0.39 is 6.04 Å². The van der Waals surface area contributed by atoms with Crippen molar-refractivity contribution in [3.05, 3.63) is 65.7 Å². The van der Waals surface area contributed by atoms with Crippen LogP contribution in [0.15, 0.2) is 54.6 Å². The standard InChI is InChI=1S/C23H30N2O3/c1-17(22(27)24-23(2,3)4)25(16-19-9-7-6-8-10-19)21(26)15-18-11-13-20(28-5)14-12-18/h6-14,17H,15-16H2,1-5H3,(H,24,27). The number of nitrogens with zero attached hydrogens (tertiary/aromatic N) is 1. The van der Waals surface area contributed by atoms with Gasteiger partial charge in [0.1, 0.15) is 11.8 Å². The van der Waals surface area contributed by atoms with Crippen LogP contribution in [0, 0.1) is 0 Å². The van der Waals surface area contributed by atoms with Crippen LogP contribution in [0.1, 0.15) is 38.8 Å². The fraction of sp³-hybridized carbons (Fsp3) is 0.391. The predicted molar refractivity (Wildman–Crippen MR) is 111 cm³/mol. The van der Waals surface area contributed by atoms with Crippen molar-refractivity contribution in [1.29, 1.82) is 0 Å². The predicted octanol–water partition coefficient (Wildman–Crippen LogP) is 3.57. The van der Waals surface area contributed by atoms with Crippen LogP contribution in [0.5, 0.6) is 5.75 Å². The summed E-state index contributed by atoms with van der Waals surface area (Å²) < 4.78 is 5.17. The molecule has 0 saturated heterocycles. The van der Waals surface area contributed by atoms with Crippen LogP contribution in [-0.2, 0) is 22.6 Å². The molecule has 2 amide bonds. The fourth-order valence-corrected chi connectivity index (χ4v) is 2.86. The molecule has 0 aliphatic heterocycles. The molecular weight excluding hydrogens is 352 g/mol. The molecule has 150 valence electrons. The summed E-state index contributed by atoms with van der Waals surface area (Å²) in [4.78, 5) is 27.4. The second-order valence-electron chi connectivity index (χ2n) is 7.95. The molecule has 2 aromatic rings. The average Bonchev–Trinajstić information content (AvgIpc) is 2.65. The Morgan fingerprint density at radius 1 is 1.00 bits per heavy atom. The molecule has 0 aliphatic carbocycles. The van der Waals surface area contributed by atoms with Gasteiger partial charge in [-0.25, -0.2) is 0 Å². The lowest BCUT2D eigenvalue weighted by atomic mass is 10.1. The van der Waals surface area contributed by atoms with E-state index >= 15 is 0 Å². The van der Waals surface area contributed by atoms with Crippen molar-refractivity contribution in [1.82, 2.24) is 10.2 Å². The lowest BCUT2D eigenvalue weighted by molar-refractivity contribution is -0.140. The summed E-state index contributed by atoms with van der Waals surface area (Å²) >= 11 is 0. The summed E-state index contributed by atoms with van der Waals surface area (Å²) in [6, 6.07) is 16.6. The Morgan fingerprint density at radius 2 is 1.61 bits per heavy atom. The van der Waals surface area contributed by atoms with Gasteiger partial charge >= 0.3 is 0 Å². The van der Waals surface area contributed by atoms with E-state index in [1.807, 2.05) is 75.4 Å². The van der Waals surface area contributed by atoms with Crippen molar-refractivity contribution in [2.75, 3.05) is 7.11 Å². The van der Waals surface area contributed by atoms with E-state index in [1.54, 1.807) is 18.9 Å². The SMILES string of the molecule is COc1ccc(CC(=O)N(Cc2ccccc2)C(C)C(=O)NC(C)(C)C)cc1. The van der Waals surface area contributed by atoms with E-state index in [1.165, 1.54) is 0 Å². The Balaban J connectivity index is 2.20. The van der Waals surface area contributed by atoms with Crippen molar-refractivity contribution in [3.63, 3.8) is 0 Å². The summed E-state index contributed by atoms with van der Waals surface area (Å²) in [7, 11) is 1.61. The quantitative estimate of drug-likeness (QED) is 0.796. The summed E-state index contributed by atoms with van der Waals surface area (Å²) in [6.45, 7) is 7.94. The largest absolute Gasteiger partial charge is 0.497 e. The molecule has 2 rings (SSSR count). The molecule has 1 unspecified atom stereocenters. The lowest BCUT2D eigenvalue weighted by Gasteiger charge is -2.31. The minimum atomic E-state index is -0.579. The van der Waals surface area contributed by atoms with Gasteiger partial charge in [0.2, 0.25) is 11.8 Å². The van der Waals surface area contributed by atoms with Gasteiger partial charge in [-0.2, -0.15) is 0 Å². The van der Waals surface area contributed by atoms with E-state index in [0.717, 1.165) is 16.9 Å². The summed E-state index contributed by atoms with van der Waals surface area (Å²) in [5, 5.41) is 2.97. The van der Waals surface area contributed by atoms with Gasteiger partial charge in [-0.3, -0.25) is 9.59 Å². The highest BCUT2D eigenvalue weighted by atomic mass is 16.5. The van der Waals surface area contributed by atoms with Gasteiger partial charge in [-0.15, -0.1) is 0 Å². The minimum Gasteiger partial charge on any atom is -0.497 e. The molecule has 5 nitrogen and oxygen atoms in total. The molecule has 1 atom stereocenters. The van der Waals surface area contributed by atoms with E-state index in [-0.39, 0.29) is 23.8 Å². The Hall–Kier alpha value is -2.82. The molecule has 0 saturated carbocycles. The van der Waals surface area contributed by atoms with Gasteiger partial charge in [0.25, 0.3) is 0 Å². The number of carbonyl (C=O) groups is 2. The normalized spacial score (nSPS) is 12.2. The van der Waals surface area contributed by atoms with Crippen LogP contribution in [0.25, 0.3) is 0 Å². The minimum absolute atomic E-state index is 0.0921. The molecule has 0 heterocycles. The number of methoxy groups -OCH3 is 1. The molecule has 28 heavy (non-hydrogen) atoms. The second-order valence-corrected chi connectivity index (χ2v) is 7.95. The van der Waals surface area contributed by atoms with E-state index in [0.29, 0.717) is 6.54 Å². The van der Waals surface area contributed by atoms with Crippen molar-refractivity contribution < 1.29 is 14.3 Å². The third kappa shape index (κ3) is 6.41.